The van der Waals surface area contributed by atoms with Crippen LogP contribution in [-0.4, -0.2) is 20.9 Å². The zero-order valence-corrected chi connectivity index (χ0v) is 15.3. The largest absolute Gasteiger partial charge is 0.456 e. The Hall–Kier alpha value is -2.96. The molecule has 2 heterocycles. The Bertz CT molecular complexity index is 998. The number of rotatable bonds is 5. The Morgan fingerprint density at radius 1 is 1.23 bits per heavy atom. The summed E-state index contributed by atoms with van der Waals surface area (Å²) in [6, 6.07) is 6.93. The van der Waals surface area contributed by atoms with Gasteiger partial charge in [-0.15, -0.1) is 0 Å². The lowest BCUT2D eigenvalue weighted by Crippen LogP contribution is -2.28. The fraction of sp³-hybridized carbons (Fsp3) is 0.368. The number of aryl methyl sites for hydroxylation is 2. The van der Waals surface area contributed by atoms with Crippen LogP contribution >= 0.6 is 0 Å². The molecule has 3 aromatic rings. The van der Waals surface area contributed by atoms with Crippen molar-refractivity contribution in [2.45, 2.75) is 40.8 Å². The third-order valence-corrected chi connectivity index (χ3v) is 4.13. The maximum Gasteiger partial charge on any atom is 0.359 e. The highest BCUT2D eigenvalue weighted by molar-refractivity contribution is 6.02. The van der Waals surface area contributed by atoms with Crippen molar-refractivity contribution < 1.29 is 14.1 Å². The topological polar surface area (TPSA) is 87.2 Å². The summed E-state index contributed by atoms with van der Waals surface area (Å²) in [4.78, 5) is 25.3. The Balaban J connectivity index is 1.99. The van der Waals surface area contributed by atoms with Crippen LogP contribution in [0.25, 0.3) is 10.8 Å². The molecule has 7 heteroatoms. The summed E-state index contributed by atoms with van der Waals surface area (Å²) >= 11 is 0. The first kappa shape index (κ1) is 17.8. The number of nitrogens with zero attached hydrogens (tertiary/aromatic N) is 3. The van der Waals surface area contributed by atoms with Gasteiger partial charge >= 0.3 is 5.97 Å². The first-order chi connectivity index (χ1) is 12.4. The minimum Gasteiger partial charge on any atom is -0.456 e. The van der Waals surface area contributed by atoms with E-state index in [-0.39, 0.29) is 23.8 Å². The Kier molecular flexibility index (Phi) is 4.88. The van der Waals surface area contributed by atoms with E-state index in [2.05, 4.69) is 10.3 Å². The number of hydrogen-bond acceptors (Lipinski definition) is 6. The van der Waals surface area contributed by atoms with E-state index in [0.717, 1.165) is 5.56 Å². The lowest BCUT2D eigenvalue weighted by atomic mass is 10.1. The minimum atomic E-state index is -0.585. The number of esters is 1. The van der Waals surface area contributed by atoms with Gasteiger partial charge in [0, 0.05) is 11.9 Å². The van der Waals surface area contributed by atoms with Gasteiger partial charge in [-0.1, -0.05) is 37.2 Å². The van der Waals surface area contributed by atoms with Gasteiger partial charge < -0.3 is 9.26 Å². The van der Waals surface area contributed by atoms with Gasteiger partial charge in [0.05, 0.1) is 16.6 Å². The first-order valence-electron chi connectivity index (χ1n) is 8.47. The number of hydrogen-bond donors (Lipinski definition) is 0. The van der Waals surface area contributed by atoms with Crippen LogP contribution in [-0.2, 0) is 17.9 Å². The molecule has 0 aliphatic carbocycles. The Morgan fingerprint density at radius 2 is 1.92 bits per heavy atom. The molecule has 2 aromatic heterocycles. The normalized spacial score (nSPS) is 11.3. The summed E-state index contributed by atoms with van der Waals surface area (Å²) < 4.78 is 11.8. The molecule has 0 aliphatic heterocycles. The number of carbonyl (C=O) groups is 1. The van der Waals surface area contributed by atoms with Crippen LogP contribution in [0.15, 0.2) is 33.6 Å². The van der Waals surface area contributed by atoms with E-state index in [0.29, 0.717) is 28.8 Å². The first-order valence-corrected chi connectivity index (χ1v) is 8.47. The molecule has 0 amide bonds. The lowest BCUT2D eigenvalue weighted by molar-refractivity contribution is 0.0463. The van der Waals surface area contributed by atoms with E-state index < -0.39 is 5.97 Å². The van der Waals surface area contributed by atoms with E-state index in [1.54, 1.807) is 38.1 Å². The van der Waals surface area contributed by atoms with Crippen LogP contribution in [0.4, 0.5) is 0 Å². The highest BCUT2D eigenvalue weighted by Crippen LogP contribution is 2.17. The van der Waals surface area contributed by atoms with Gasteiger partial charge in [0.25, 0.3) is 5.56 Å². The number of benzene rings is 1. The highest BCUT2D eigenvalue weighted by atomic mass is 16.5. The number of fused-ring (bicyclic) bond motifs is 1. The minimum absolute atomic E-state index is 0.0410. The second kappa shape index (κ2) is 7.11. The fourth-order valence-corrected chi connectivity index (χ4v) is 2.77. The predicted molar refractivity (Wildman–Crippen MR) is 95.9 cm³/mol. The maximum atomic E-state index is 12.7. The molecule has 0 fully saturated rings. The van der Waals surface area contributed by atoms with Gasteiger partial charge in [-0.05, 0) is 25.8 Å². The monoisotopic (exact) mass is 355 g/mol. The van der Waals surface area contributed by atoms with Gasteiger partial charge in [0.15, 0.2) is 5.69 Å². The van der Waals surface area contributed by atoms with E-state index in [4.69, 9.17) is 9.26 Å². The maximum absolute atomic E-state index is 12.7. The van der Waals surface area contributed by atoms with Crippen molar-refractivity contribution in [1.29, 1.82) is 0 Å². The summed E-state index contributed by atoms with van der Waals surface area (Å²) in [6.07, 6.45) is 0. The van der Waals surface area contributed by atoms with Crippen LogP contribution in [0.3, 0.4) is 0 Å². The van der Waals surface area contributed by atoms with Gasteiger partial charge in [-0.2, -0.15) is 5.10 Å². The zero-order chi connectivity index (χ0) is 18.8. The third kappa shape index (κ3) is 3.37. The second-order valence-corrected chi connectivity index (χ2v) is 6.65. The van der Waals surface area contributed by atoms with Crippen LogP contribution in [0.2, 0.25) is 0 Å². The number of ether oxygens (including phenoxy) is 1. The molecule has 0 aliphatic rings. The summed E-state index contributed by atoms with van der Waals surface area (Å²) in [7, 11) is 0. The molecule has 7 nitrogen and oxygen atoms in total. The summed E-state index contributed by atoms with van der Waals surface area (Å²) in [5, 5.41) is 9.06. The predicted octanol–water partition coefficient (Wildman–Crippen LogP) is 3.01. The van der Waals surface area contributed by atoms with Crippen molar-refractivity contribution >= 4 is 16.7 Å². The van der Waals surface area contributed by atoms with E-state index in [1.807, 2.05) is 13.8 Å². The average molecular weight is 355 g/mol. The summed E-state index contributed by atoms with van der Waals surface area (Å²) in [6.45, 7) is 7.99. The van der Waals surface area contributed by atoms with Crippen molar-refractivity contribution in [2.75, 3.05) is 0 Å². The third-order valence-electron chi connectivity index (χ3n) is 4.13. The molecule has 0 unspecified atom stereocenters. The molecule has 1 aromatic carbocycles. The molecule has 0 N–H and O–H groups in total. The van der Waals surface area contributed by atoms with E-state index >= 15 is 0 Å². The average Bonchev–Trinajstić information content (AvgIpc) is 2.93. The van der Waals surface area contributed by atoms with Gasteiger partial charge in [0.2, 0.25) is 0 Å². The van der Waals surface area contributed by atoms with Crippen molar-refractivity contribution in [3.63, 3.8) is 0 Å². The van der Waals surface area contributed by atoms with Crippen LogP contribution < -0.4 is 5.56 Å². The molecule has 0 saturated heterocycles. The summed E-state index contributed by atoms with van der Waals surface area (Å²) in [5.74, 6) is 0.240. The molecular weight excluding hydrogens is 334 g/mol. The second-order valence-electron chi connectivity index (χ2n) is 6.65. The smallest absolute Gasteiger partial charge is 0.359 e. The molecule has 0 saturated carbocycles. The zero-order valence-electron chi connectivity index (χ0n) is 15.3. The van der Waals surface area contributed by atoms with Crippen molar-refractivity contribution in [3.05, 3.63) is 57.3 Å². The van der Waals surface area contributed by atoms with Crippen molar-refractivity contribution in [2.24, 2.45) is 5.92 Å². The molecule has 136 valence electrons. The molecule has 0 bridgehead atoms. The number of aromatic nitrogens is 3. The fourth-order valence-electron chi connectivity index (χ4n) is 2.77. The standard InChI is InChI=1S/C19H21N3O4/c1-11(2)9-22-18(23)15-8-6-5-7-14(15)17(20-22)19(24)25-10-16-12(3)21-26-13(16)4/h5-8,11H,9-10H2,1-4H3. The van der Waals surface area contributed by atoms with Gasteiger partial charge in [0.1, 0.15) is 12.4 Å². The van der Waals surface area contributed by atoms with Crippen LogP contribution in [0, 0.1) is 19.8 Å². The van der Waals surface area contributed by atoms with Crippen molar-refractivity contribution in [1.82, 2.24) is 14.9 Å². The van der Waals surface area contributed by atoms with Crippen LogP contribution in [0.1, 0.15) is 41.4 Å². The molecular formula is C19H21N3O4. The molecule has 0 radical (unpaired) electrons. The SMILES string of the molecule is Cc1noc(C)c1COC(=O)c1nn(CC(C)C)c(=O)c2ccccc12. The quantitative estimate of drug-likeness (QED) is 0.654. The lowest BCUT2D eigenvalue weighted by Gasteiger charge is -2.12. The Labute approximate surface area is 150 Å². The molecule has 0 spiro atoms. The van der Waals surface area contributed by atoms with Crippen LogP contribution in [0.5, 0.6) is 0 Å². The highest BCUT2D eigenvalue weighted by Gasteiger charge is 2.20. The molecule has 0 atom stereocenters. The Morgan fingerprint density at radius 3 is 2.54 bits per heavy atom. The van der Waals surface area contributed by atoms with E-state index in [9.17, 15) is 9.59 Å². The van der Waals surface area contributed by atoms with Gasteiger partial charge in [-0.25, -0.2) is 9.48 Å². The number of carbonyl (C=O) groups excluding carboxylic acids is 1. The summed E-state index contributed by atoms with van der Waals surface area (Å²) in [5.41, 5.74) is 1.33. The van der Waals surface area contributed by atoms with E-state index in [1.165, 1.54) is 4.68 Å². The molecule has 3 rings (SSSR count). The van der Waals surface area contributed by atoms with Crippen molar-refractivity contribution in [3.8, 4) is 0 Å². The molecule has 26 heavy (non-hydrogen) atoms. The van der Waals surface area contributed by atoms with Gasteiger partial charge in [-0.3, -0.25) is 4.79 Å².